The second-order valence-corrected chi connectivity index (χ2v) is 27.5. The van der Waals surface area contributed by atoms with E-state index in [0.717, 1.165) is 64.2 Å². The minimum absolute atomic E-state index is 0.134. The second kappa shape index (κ2) is 69.0. The van der Waals surface area contributed by atoms with Crippen molar-refractivity contribution in [2.24, 2.45) is 0 Å². The van der Waals surface area contributed by atoms with Crippen molar-refractivity contribution in [2.75, 3.05) is 13.2 Å². The van der Waals surface area contributed by atoms with Crippen molar-refractivity contribution in [3.63, 3.8) is 0 Å². The van der Waals surface area contributed by atoms with Crippen molar-refractivity contribution in [2.45, 2.75) is 442 Å². The number of nitrogens with one attached hydrogen (secondary N) is 1. The molecule has 1 fully saturated rings. The Labute approximate surface area is 552 Å². The molecular formula is C80H151NO8. The van der Waals surface area contributed by atoms with Gasteiger partial charge >= 0.3 is 0 Å². The number of hydrogen-bond acceptors (Lipinski definition) is 8. The van der Waals surface area contributed by atoms with Gasteiger partial charge < -0.3 is 40.3 Å². The molecule has 0 saturated carbocycles. The van der Waals surface area contributed by atoms with Crippen molar-refractivity contribution in [3.05, 3.63) is 48.6 Å². The molecule has 1 amide bonds. The lowest BCUT2D eigenvalue weighted by Crippen LogP contribution is -2.60. The Kier molecular flexibility index (Phi) is 66.0. The number of hydrogen-bond donors (Lipinski definition) is 6. The van der Waals surface area contributed by atoms with E-state index in [1.165, 1.54) is 308 Å². The molecule has 0 radical (unpaired) electrons. The van der Waals surface area contributed by atoms with E-state index < -0.39 is 49.5 Å². The number of amides is 1. The Morgan fingerprint density at radius 3 is 1.03 bits per heavy atom. The third kappa shape index (κ3) is 57.3. The van der Waals surface area contributed by atoms with E-state index in [9.17, 15) is 30.3 Å². The number of ether oxygens (including phenoxy) is 2. The summed E-state index contributed by atoms with van der Waals surface area (Å²) in [6, 6.07) is -0.721. The van der Waals surface area contributed by atoms with E-state index in [1.807, 2.05) is 0 Å². The van der Waals surface area contributed by atoms with Gasteiger partial charge in [-0.15, -0.1) is 0 Å². The smallest absolute Gasteiger partial charge is 0.220 e. The van der Waals surface area contributed by atoms with Crippen molar-refractivity contribution in [3.8, 4) is 0 Å². The molecule has 7 unspecified atom stereocenters. The van der Waals surface area contributed by atoms with Crippen molar-refractivity contribution < 1.29 is 39.8 Å². The molecule has 9 nitrogen and oxygen atoms in total. The predicted molar refractivity (Wildman–Crippen MR) is 383 cm³/mol. The third-order valence-corrected chi connectivity index (χ3v) is 18.9. The maximum absolute atomic E-state index is 13.2. The predicted octanol–water partition coefficient (Wildman–Crippen LogP) is 22.3. The standard InChI is InChI=1S/C80H151NO8/c1-3-5-7-9-11-13-15-17-19-21-23-25-27-29-31-33-35-37-39-41-43-45-47-49-51-53-55-57-59-61-63-65-67-69-74(83)73(72-88-80-79(87)78(86)77(85)75(71-82)89-80)81-76(84)70-68-66-64-62-60-58-56-54-52-50-48-46-44-42-40-38-36-34-32-30-28-26-24-22-20-18-16-14-12-10-8-6-4-2/h6,8,12,14,18,20,24,26,73-75,77-80,82-83,85-87H,3-5,7,9-11,13,15-17,19,21-23,25,27-72H2,1-2H3,(H,81,84)/b8-6-,14-12-,20-18-,26-24-. The maximum atomic E-state index is 13.2. The highest BCUT2D eigenvalue weighted by Crippen LogP contribution is 2.24. The van der Waals surface area contributed by atoms with Gasteiger partial charge in [-0.3, -0.25) is 4.79 Å². The van der Waals surface area contributed by atoms with E-state index >= 15 is 0 Å². The van der Waals surface area contributed by atoms with Crippen LogP contribution in [0.5, 0.6) is 0 Å². The van der Waals surface area contributed by atoms with Gasteiger partial charge in [0, 0.05) is 6.42 Å². The van der Waals surface area contributed by atoms with Crippen molar-refractivity contribution in [1.82, 2.24) is 5.32 Å². The molecule has 0 bridgehead atoms. The highest BCUT2D eigenvalue weighted by atomic mass is 16.7. The molecule has 524 valence electrons. The zero-order valence-corrected chi connectivity index (χ0v) is 59.0. The van der Waals surface area contributed by atoms with Gasteiger partial charge in [-0.1, -0.05) is 390 Å². The van der Waals surface area contributed by atoms with Crippen LogP contribution in [0.4, 0.5) is 0 Å². The molecule has 1 heterocycles. The van der Waals surface area contributed by atoms with E-state index in [-0.39, 0.29) is 12.5 Å². The molecule has 0 aliphatic carbocycles. The zero-order chi connectivity index (χ0) is 64.2. The summed E-state index contributed by atoms with van der Waals surface area (Å²) in [5.74, 6) is -0.136. The van der Waals surface area contributed by atoms with Crippen LogP contribution in [0.25, 0.3) is 0 Å². The zero-order valence-electron chi connectivity index (χ0n) is 59.0. The van der Waals surface area contributed by atoms with Crippen LogP contribution in [0.3, 0.4) is 0 Å². The van der Waals surface area contributed by atoms with Crippen LogP contribution >= 0.6 is 0 Å². The van der Waals surface area contributed by atoms with E-state index in [4.69, 9.17) is 9.47 Å². The Balaban J connectivity index is 2.05. The molecule has 0 aromatic carbocycles. The van der Waals surface area contributed by atoms with Crippen LogP contribution in [0, 0.1) is 0 Å². The van der Waals surface area contributed by atoms with Crippen LogP contribution in [-0.2, 0) is 14.3 Å². The maximum Gasteiger partial charge on any atom is 0.220 e. The van der Waals surface area contributed by atoms with Gasteiger partial charge in [0.2, 0.25) is 5.91 Å². The number of aliphatic hydroxyl groups excluding tert-OH is 5. The quantitative estimate of drug-likeness (QED) is 0.0261. The lowest BCUT2D eigenvalue weighted by Gasteiger charge is -2.40. The molecular weight excluding hydrogens is 1100 g/mol. The summed E-state index contributed by atoms with van der Waals surface area (Å²) >= 11 is 0. The number of rotatable bonds is 70. The summed E-state index contributed by atoms with van der Waals surface area (Å²) in [4.78, 5) is 13.2. The number of allylic oxidation sites excluding steroid dienone is 8. The summed E-state index contributed by atoms with van der Waals surface area (Å²) < 4.78 is 11.4. The van der Waals surface area contributed by atoms with Gasteiger partial charge in [-0.05, 0) is 51.4 Å². The lowest BCUT2D eigenvalue weighted by molar-refractivity contribution is -0.302. The third-order valence-electron chi connectivity index (χ3n) is 18.9. The fraction of sp³-hybridized carbons (Fsp3) is 0.887. The fourth-order valence-corrected chi connectivity index (χ4v) is 12.9. The molecule has 1 rings (SSSR count). The normalized spacial score (nSPS) is 18.0. The highest BCUT2D eigenvalue weighted by Gasteiger charge is 2.44. The average molecular weight is 1260 g/mol. The average Bonchev–Trinajstić information content (AvgIpc) is 2.28. The Hall–Kier alpha value is -1.85. The largest absolute Gasteiger partial charge is 0.394 e. The van der Waals surface area contributed by atoms with E-state index in [1.54, 1.807) is 0 Å². The molecule has 0 aromatic heterocycles. The number of carbonyl (C=O) groups excluding carboxylic acids is 1. The summed E-state index contributed by atoms with van der Waals surface area (Å²) in [5.41, 5.74) is 0. The first-order valence-electron chi connectivity index (χ1n) is 39.3. The SMILES string of the molecule is CC/C=C\C/C=C\C/C=C\C/C=C\CCCCCCCCCCCCCCCCCCCCCCC(=O)NC(COC1OC(CO)C(O)C(O)C1O)C(O)CCCCCCCCCCCCCCCCCCCCCCCCCCCCCCCCCCC. The molecule has 1 aliphatic heterocycles. The van der Waals surface area contributed by atoms with Gasteiger partial charge in [0.15, 0.2) is 6.29 Å². The lowest BCUT2D eigenvalue weighted by atomic mass is 9.99. The molecule has 6 N–H and O–H groups in total. The topological polar surface area (TPSA) is 149 Å². The first-order chi connectivity index (χ1) is 43.8. The van der Waals surface area contributed by atoms with Gasteiger partial charge in [0.25, 0.3) is 0 Å². The van der Waals surface area contributed by atoms with Crippen LogP contribution in [0.2, 0.25) is 0 Å². The molecule has 1 aliphatic rings. The minimum Gasteiger partial charge on any atom is -0.394 e. The van der Waals surface area contributed by atoms with Gasteiger partial charge in [-0.2, -0.15) is 0 Å². The Bertz CT molecular complexity index is 1550. The van der Waals surface area contributed by atoms with E-state index in [0.29, 0.717) is 12.8 Å². The molecule has 9 heteroatoms. The van der Waals surface area contributed by atoms with Gasteiger partial charge in [-0.25, -0.2) is 0 Å². The number of carbonyl (C=O) groups is 1. The fourth-order valence-electron chi connectivity index (χ4n) is 12.9. The van der Waals surface area contributed by atoms with Gasteiger partial charge in [0.05, 0.1) is 25.4 Å². The van der Waals surface area contributed by atoms with Crippen molar-refractivity contribution in [1.29, 1.82) is 0 Å². The van der Waals surface area contributed by atoms with Crippen molar-refractivity contribution >= 4 is 5.91 Å². The Morgan fingerprint density at radius 2 is 0.697 bits per heavy atom. The molecule has 7 atom stereocenters. The molecule has 0 spiro atoms. The monoisotopic (exact) mass is 1250 g/mol. The second-order valence-electron chi connectivity index (χ2n) is 27.5. The van der Waals surface area contributed by atoms with Crippen LogP contribution in [0.15, 0.2) is 48.6 Å². The first kappa shape index (κ1) is 85.2. The summed E-state index contributed by atoms with van der Waals surface area (Å²) in [7, 11) is 0. The minimum atomic E-state index is -1.55. The Morgan fingerprint density at radius 1 is 0.393 bits per heavy atom. The first-order valence-corrected chi connectivity index (χ1v) is 39.3. The molecule has 0 aromatic rings. The summed E-state index contributed by atoms with van der Waals surface area (Å²) in [5, 5.41) is 55.1. The van der Waals surface area contributed by atoms with Crippen LogP contribution in [0.1, 0.15) is 399 Å². The highest BCUT2D eigenvalue weighted by molar-refractivity contribution is 5.76. The molecule has 89 heavy (non-hydrogen) atoms. The number of aliphatic hydroxyl groups is 5. The van der Waals surface area contributed by atoms with Crippen LogP contribution in [-0.4, -0.2) is 87.5 Å². The summed E-state index contributed by atoms with van der Waals surface area (Å²) in [6.07, 6.45) is 87.9. The van der Waals surface area contributed by atoms with Crippen LogP contribution < -0.4 is 5.32 Å². The van der Waals surface area contributed by atoms with E-state index in [2.05, 4.69) is 67.8 Å². The van der Waals surface area contributed by atoms with Gasteiger partial charge in [0.1, 0.15) is 24.4 Å². The summed E-state index contributed by atoms with van der Waals surface area (Å²) in [6.45, 7) is 3.79. The number of unbranched alkanes of at least 4 members (excludes halogenated alkanes) is 52. The molecule has 1 saturated heterocycles.